The Balaban J connectivity index is 1.88. The smallest absolute Gasteiger partial charge is 0.338 e. The predicted molar refractivity (Wildman–Crippen MR) is 109 cm³/mol. The van der Waals surface area contributed by atoms with Gasteiger partial charge in [-0.05, 0) is 61.4 Å². The van der Waals surface area contributed by atoms with E-state index in [-0.39, 0.29) is 11.1 Å². The van der Waals surface area contributed by atoms with E-state index in [1.807, 2.05) is 13.8 Å². The van der Waals surface area contributed by atoms with Crippen LogP contribution >= 0.6 is 0 Å². The second kappa shape index (κ2) is 11.4. The normalized spacial score (nSPS) is 10.1. The van der Waals surface area contributed by atoms with Crippen molar-refractivity contribution in [3.63, 3.8) is 0 Å². The molecule has 0 heterocycles. The zero-order valence-electron chi connectivity index (χ0n) is 16.9. The maximum absolute atomic E-state index is 12.2. The third-order valence-electron chi connectivity index (χ3n) is 3.93. The number of benzene rings is 2. The molecule has 2 aromatic rings. The molecular weight excluding hydrogens is 388 g/mol. The standard InChI is InChI=1S/C22H24N2O6/c1-3-13-29-21(27)17-9-5-15(6-10-17)19(25)23-24-20(26)16-7-11-18(12-8-16)22(28)30-14-4-2/h5-12H,3-4,13-14H2,1-2H3,(H,23,25)(H,24,26). The van der Waals surface area contributed by atoms with E-state index >= 15 is 0 Å². The molecule has 8 nitrogen and oxygen atoms in total. The Labute approximate surface area is 174 Å². The molecule has 0 aromatic heterocycles. The summed E-state index contributed by atoms with van der Waals surface area (Å²) in [6.45, 7) is 4.44. The van der Waals surface area contributed by atoms with Crippen molar-refractivity contribution in [3.05, 3.63) is 70.8 Å². The van der Waals surface area contributed by atoms with Crippen LogP contribution < -0.4 is 10.9 Å². The van der Waals surface area contributed by atoms with Crippen LogP contribution in [0.25, 0.3) is 0 Å². The van der Waals surface area contributed by atoms with Gasteiger partial charge in [0.2, 0.25) is 0 Å². The van der Waals surface area contributed by atoms with Crippen molar-refractivity contribution in [2.75, 3.05) is 13.2 Å². The van der Waals surface area contributed by atoms with Gasteiger partial charge in [-0.25, -0.2) is 9.59 Å². The second-order valence-electron chi connectivity index (χ2n) is 6.33. The molecule has 0 radical (unpaired) electrons. The van der Waals surface area contributed by atoms with Crippen LogP contribution in [-0.2, 0) is 9.47 Å². The first-order chi connectivity index (χ1) is 14.5. The number of rotatable bonds is 8. The molecule has 8 heteroatoms. The zero-order valence-corrected chi connectivity index (χ0v) is 16.9. The number of nitrogens with one attached hydrogen (secondary N) is 2. The molecule has 30 heavy (non-hydrogen) atoms. The van der Waals surface area contributed by atoms with Crippen LogP contribution in [0.15, 0.2) is 48.5 Å². The molecule has 2 N–H and O–H groups in total. The van der Waals surface area contributed by atoms with Crippen LogP contribution in [-0.4, -0.2) is 37.0 Å². The molecule has 0 aliphatic rings. The lowest BCUT2D eigenvalue weighted by Crippen LogP contribution is -2.41. The number of hydrazine groups is 1. The molecule has 0 saturated carbocycles. The number of carbonyl (C=O) groups excluding carboxylic acids is 4. The van der Waals surface area contributed by atoms with Gasteiger partial charge in [-0.15, -0.1) is 0 Å². The topological polar surface area (TPSA) is 111 Å². The van der Waals surface area contributed by atoms with Gasteiger partial charge >= 0.3 is 11.9 Å². The van der Waals surface area contributed by atoms with E-state index in [0.717, 1.165) is 12.8 Å². The number of carbonyl (C=O) groups is 4. The highest BCUT2D eigenvalue weighted by Gasteiger charge is 2.13. The first-order valence-electron chi connectivity index (χ1n) is 9.61. The van der Waals surface area contributed by atoms with Crippen LogP contribution in [0.4, 0.5) is 0 Å². The molecule has 0 aliphatic carbocycles. The van der Waals surface area contributed by atoms with Gasteiger partial charge in [-0.1, -0.05) is 13.8 Å². The van der Waals surface area contributed by atoms with Gasteiger partial charge < -0.3 is 9.47 Å². The lowest BCUT2D eigenvalue weighted by Gasteiger charge is -2.09. The fourth-order valence-corrected chi connectivity index (χ4v) is 2.33. The van der Waals surface area contributed by atoms with Gasteiger partial charge in [0.1, 0.15) is 0 Å². The van der Waals surface area contributed by atoms with Crippen molar-refractivity contribution in [2.24, 2.45) is 0 Å². The second-order valence-corrected chi connectivity index (χ2v) is 6.33. The third-order valence-corrected chi connectivity index (χ3v) is 3.93. The van der Waals surface area contributed by atoms with E-state index < -0.39 is 23.8 Å². The van der Waals surface area contributed by atoms with Crippen molar-refractivity contribution in [1.29, 1.82) is 0 Å². The fourth-order valence-electron chi connectivity index (χ4n) is 2.33. The number of ether oxygens (including phenoxy) is 2. The summed E-state index contributed by atoms with van der Waals surface area (Å²) < 4.78 is 10.0. The molecule has 0 saturated heterocycles. The average molecular weight is 412 g/mol. The lowest BCUT2D eigenvalue weighted by atomic mass is 10.1. The van der Waals surface area contributed by atoms with Gasteiger partial charge in [0.05, 0.1) is 24.3 Å². The fraction of sp³-hybridized carbons (Fsp3) is 0.273. The minimum absolute atomic E-state index is 0.261. The van der Waals surface area contributed by atoms with Gasteiger partial charge in [-0.2, -0.15) is 0 Å². The Morgan fingerprint density at radius 2 is 0.900 bits per heavy atom. The number of amides is 2. The third kappa shape index (κ3) is 6.44. The first kappa shape index (κ1) is 22.6. The SMILES string of the molecule is CCCOC(=O)c1ccc(C(=O)NNC(=O)c2ccc(C(=O)OCCC)cc2)cc1. The highest BCUT2D eigenvalue weighted by molar-refractivity contribution is 6.00. The largest absolute Gasteiger partial charge is 0.462 e. The van der Waals surface area contributed by atoms with E-state index in [0.29, 0.717) is 24.3 Å². The Bertz CT molecular complexity index is 815. The molecule has 2 amide bonds. The molecule has 0 atom stereocenters. The minimum Gasteiger partial charge on any atom is -0.462 e. The van der Waals surface area contributed by atoms with Gasteiger partial charge in [0.25, 0.3) is 11.8 Å². The van der Waals surface area contributed by atoms with Crippen LogP contribution in [0.2, 0.25) is 0 Å². The van der Waals surface area contributed by atoms with Crippen molar-refractivity contribution in [3.8, 4) is 0 Å². The summed E-state index contributed by atoms with van der Waals surface area (Å²) in [6, 6.07) is 11.7. The summed E-state index contributed by atoms with van der Waals surface area (Å²) >= 11 is 0. The molecule has 0 bridgehead atoms. The first-order valence-corrected chi connectivity index (χ1v) is 9.61. The quantitative estimate of drug-likeness (QED) is 0.509. The van der Waals surface area contributed by atoms with E-state index in [1.165, 1.54) is 48.5 Å². The van der Waals surface area contributed by atoms with Crippen molar-refractivity contribution in [1.82, 2.24) is 10.9 Å². The molecular formula is C22H24N2O6. The minimum atomic E-state index is -0.545. The van der Waals surface area contributed by atoms with Crippen LogP contribution in [0.5, 0.6) is 0 Å². The molecule has 0 fully saturated rings. The average Bonchev–Trinajstić information content (AvgIpc) is 2.79. The Hall–Kier alpha value is -3.68. The molecule has 158 valence electrons. The molecule has 2 aromatic carbocycles. The monoisotopic (exact) mass is 412 g/mol. The highest BCUT2D eigenvalue weighted by atomic mass is 16.5. The van der Waals surface area contributed by atoms with Gasteiger partial charge in [0, 0.05) is 11.1 Å². The Kier molecular flexibility index (Phi) is 8.56. The highest BCUT2D eigenvalue weighted by Crippen LogP contribution is 2.08. The number of hydrogen-bond donors (Lipinski definition) is 2. The molecule has 0 unspecified atom stereocenters. The van der Waals surface area contributed by atoms with E-state index in [1.54, 1.807) is 0 Å². The van der Waals surface area contributed by atoms with Crippen molar-refractivity contribution >= 4 is 23.8 Å². The van der Waals surface area contributed by atoms with Crippen LogP contribution in [0.1, 0.15) is 68.1 Å². The summed E-state index contributed by atoms with van der Waals surface area (Å²) in [4.78, 5) is 47.9. The zero-order chi connectivity index (χ0) is 21.9. The molecule has 0 spiro atoms. The lowest BCUT2D eigenvalue weighted by molar-refractivity contribution is 0.0496. The van der Waals surface area contributed by atoms with Crippen molar-refractivity contribution in [2.45, 2.75) is 26.7 Å². The number of hydrogen-bond acceptors (Lipinski definition) is 6. The summed E-state index contributed by atoms with van der Waals surface area (Å²) in [5.74, 6) is -2.01. The Morgan fingerprint density at radius 3 is 1.20 bits per heavy atom. The van der Waals surface area contributed by atoms with Gasteiger partial charge in [0.15, 0.2) is 0 Å². The van der Waals surface area contributed by atoms with E-state index in [4.69, 9.17) is 9.47 Å². The molecule has 2 rings (SSSR count). The van der Waals surface area contributed by atoms with Gasteiger partial charge in [-0.3, -0.25) is 20.4 Å². The maximum Gasteiger partial charge on any atom is 0.338 e. The van der Waals surface area contributed by atoms with E-state index in [9.17, 15) is 19.2 Å². The summed E-state index contributed by atoms with van der Waals surface area (Å²) in [6.07, 6.45) is 1.44. The Morgan fingerprint density at radius 1 is 0.600 bits per heavy atom. The predicted octanol–water partition coefficient (Wildman–Crippen LogP) is 2.90. The molecule has 0 aliphatic heterocycles. The van der Waals surface area contributed by atoms with Crippen LogP contribution in [0.3, 0.4) is 0 Å². The summed E-state index contributed by atoms with van der Waals surface area (Å²) in [5.41, 5.74) is 5.79. The van der Waals surface area contributed by atoms with E-state index in [2.05, 4.69) is 10.9 Å². The van der Waals surface area contributed by atoms with Crippen LogP contribution in [0, 0.1) is 0 Å². The van der Waals surface area contributed by atoms with Crippen molar-refractivity contribution < 1.29 is 28.7 Å². The maximum atomic E-state index is 12.2. The summed E-state index contributed by atoms with van der Waals surface area (Å²) in [7, 11) is 0. The number of esters is 2. The summed E-state index contributed by atoms with van der Waals surface area (Å²) in [5, 5.41) is 0.